The van der Waals surface area contributed by atoms with Crippen molar-refractivity contribution in [1.82, 2.24) is 0 Å². The number of hydrogen-bond donors (Lipinski definition) is 0. The first kappa shape index (κ1) is 9.14. The second-order valence-electron chi connectivity index (χ2n) is 2.65. The Bertz CT molecular complexity index is 220. The molecule has 1 rings (SSSR count). The molecular formula is C9H13BO2. The summed E-state index contributed by atoms with van der Waals surface area (Å²) in [6.45, 7) is 1.24. The van der Waals surface area contributed by atoms with Crippen LogP contribution in [-0.4, -0.2) is 28.2 Å². The topological polar surface area (TPSA) is 18.5 Å². The van der Waals surface area contributed by atoms with Crippen molar-refractivity contribution in [2.45, 2.75) is 0 Å². The first-order valence-corrected chi connectivity index (χ1v) is 4.01. The summed E-state index contributed by atoms with van der Waals surface area (Å²) < 4.78 is 10.2. The number of methoxy groups -OCH3 is 1. The smallest absolute Gasteiger partial charge is 0.139 e. The van der Waals surface area contributed by atoms with Gasteiger partial charge in [0.15, 0.2) is 0 Å². The average molecular weight is 164 g/mol. The van der Waals surface area contributed by atoms with Crippen molar-refractivity contribution in [3.8, 4) is 5.75 Å². The van der Waals surface area contributed by atoms with E-state index in [-0.39, 0.29) is 0 Å². The summed E-state index contributed by atoms with van der Waals surface area (Å²) in [6.07, 6.45) is 0. The van der Waals surface area contributed by atoms with Crippen LogP contribution in [-0.2, 0) is 4.74 Å². The van der Waals surface area contributed by atoms with Gasteiger partial charge in [-0.15, -0.1) is 0 Å². The molecule has 0 unspecified atom stereocenters. The molecule has 0 saturated heterocycles. The molecular weight excluding hydrogens is 151 g/mol. The van der Waals surface area contributed by atoms with Crippen LogP contribution in [0.5, 0.6) is 5.75 Å². The maximum Gasteiger partial charge on any atom is 0.139 e. The molecule has 64 valence electrons. The van der Waals surface area contributed by atoms with E-state index in [2.05, 4.69) is 7.85 Å². The predicted molar refractivity (Wildman–Crippen MR) is 52.0 cm³/mol. The minimum absolute atomic E-state index is 0.611. The lowest BCUT2D eigenvalue weighted by molar-refractivity contribution is 0.146. The Morgan fingerprint density at radius 2 is 1.83 bits per heavy atom. The molecule has 0 N–H and O–H groups in total. The molecule has 0 aromatic heterocycles. The quantitative estimate of drug-likeness (QED) is 0.459. The van der Waals surface area contributed by atoms with Gasteiger partial charge in [-0.05, 0) is 12.1 Å². The van der Waals surface area contributed by atoms with Gasteiger partial charge in [-0.1, -0.05) is 17.6 Å². The molecule has 0 fully saturated rings. The van der Waals surface area contributed by atoms with Crippen LogP contribution >= 0.6 is 0 Å². The van der Waals surface area contributed by atoms with E-state index in [1.807, 2.05) is 24.3 Å². The van der Waals surface area contributed by atoms with Crippen LogP contribution in [0.4, 0.5) is 0 Å². The first-order chi connectivity index (χ1) is 5.83. The van der Waals surface area contributed by atoms with Crippen molar-refractivity contribution in [1.29, 1.82) is 0 Å². The highest BCUT2D eigenvalue weighted by Gasteiger charge is 1.91. The van der Waals surface area contributed by atoms with E-state index >= 15 is 0 Å². The summed E-state index contributed by atoms with van der Waals surface area (Å²) in [5.41, 5.74) is 1.24. The second kappa shape index (κ2) is 4.83. The Balaban J connectivity index is 2.37. The van der Waals surface area contributed by atoms with E-state index in [0.717, 1.165) is 5.75 Å². The minimum atomic E-state index is 0.611. The molecule has 0 aliphatic heterocycles. The summed E-state index contributed by atoms with van der Waals surface area (Å²) in [4.78, 5) is 0. The van der Waals surface area contributed by atoms with Crippen molar-refractivity contribution >= 4 is 13.3 Å². The van der Waals surface area contributed by atoms with Crippen LogP contribution in [0.25, 0.3) is 0 Å². The summed E-state index contributed by atoms with van der Waals surface area (Å²) in [5.74, 6) is 0.901. The molecule has 0 amide bonds. The molecule has 1 aromatic carbocycles. The van der Waals surface area contributed by atoms with Crippen molar-refractivity contribution in [2.24, 2.45) is 0 Å². The molecule has 0 heterocycles. The third-order valence-electron chi connectivity index (χ3n) is 1.58. The SMILES string of the molecule is Bc1ccc(OCCOC)cc1. The van der Waals surface area contributed by atoms with E-state index < -0.39 is 0 Å². The molecule has 1 aromatic rings. The highest BCUT2D eigenvalue weighted by molar-refractivity contribution is 6.32. The van der Waals surface area contributed by atoms with Crippen LogP contribution < -0.4 is 10.2 Å². The molecule has 0 aliphatic rings. The molecule has 0 bridgehead atoms. The molecule has 0 aliphatic carbocycles. The Morgan fingerprint density at radius 3 is 2.42 bits per heavy atom. The van der Waals surface area contributed by atoms with Gasteiger partial charge in [-0.25, -0.2) is 0 Å². The lowest BCUT2D eigenvalue weighted by Gasteiger charge is -2.04. The molecule has 2 nitrogen and oxygen atoms in total. The van der Waals surface area contributed by atoms with Crippen LogP contribution in [0.1, 0.15) is 0 Å². The first-order valence-electron chi connectivity index (χ1n) is 4.01. The lowest BCUT2D eigenvalue weighted by Crippen LogP contribution is -2.05. The molecule has 12 heavy (non-hydrogen) atoms. The number of ether oxygens (including phenoxy) is 2. The molecule has 0 saturated carbocycles. The normalized spacial score (nSPS) is 9.75. The Labute approximate surface area is 73.9 Å². The second-order valence-corrected chi connectivity index (χ2v) is 2.65. The summed E-state index contributed by atoms with van der Waals surface area (Å²) >= 11 is 0. The third kappa shape index (κ3) is 2.97. The fourth-order valence-corrected chi connectivity index (χ4v) is 0.877. The van der Waals surface area contributed by atoms with Gasteiger partial charge in [0.2, 0.25) is 0 Å². The average Bonchev–Trinajstić information content (AvgIpc) is 2.09. The Hall–Kier alpha value is -0.955. The molecule has 3 heteroatoms. The number of benzene rings is 1. The van der Waals surface area contributed by atoms with Crippen molar-refractivity contribution in [3.63, 3.8) is 0 Å². The van der Waals surface area contributed by atoms with E-state index in [4.69, 9.17) is 9.47 Å². The fraction of sp³-hybridized carbons (Fsp3) is 0.333. The van der Waals surface area contributed by atoms with E-state index in [1.54, 1.807) is 7.11 Å². The number of rotatable bonds is 4. The van der Waals surface area contributed by atoms with Crippen LogP contribution in [0, 0.1) is 0 Å². The largest absolute Gasteiger partial charge is 0.491 e. The minimum Gasteiger partial charge on any atom is -0.491 e. The zero-order valence-electron chi connectivity index (χ0n) is 7.54. The van der Waals surface area contributed by atoms with Gasteiger partial charge in [-0.2, -0.15) is 0 Å². The zero-order valence-corrected chi connectivity index (χ0v) is 7.54. The van der Waals surface area contributed by atoms with Gasteiger partial charge >= 0.3 is 0 Å². The van der Waals surface area contributed by atoms with Gasteiger partial charge < -0.3 is 9.47 Å². The van der Waals surface area contributed by atoms with Crippen molar-refractivity contribution in [3.05, 3.63) is 24.3 Å². The zero-order chi connectivity index (χ0) is 8.81. The van der Waals surface area contributed by atoms with Crippen LogP contribution in [0.15, 0.2) is 24.3 Å². The van der Waals surface area contributed by atoms with Crippen LogP contribution in [0.2, 0.25) is 0 Å². The number of hydrogen-bond acceptors (Lipinski definition) is 2. The highest BCUT2D eigenvalue weighted by Crippen LogP contribution is 2.06. The molecule has 0 radical (unpaired) electrons. The Kier molecular flexibility index (Phi) is 3.68. The lowest BCUT2D eigenvalue weighted by atomic mass is 9.97. The Morgan fingerprint density at radius 1 is 1.17 bits per heavy atom. The highest BCUT2D eigenvalue weighted by atomic mass is 16.5. The van der Waals surface area contributed by atoms with Gasteiger partial charge in [0.1, 0.15) is 20.2 Å². The van der Waals surface area contributed by atoms with Crippen LogP contribution in [0.3, 0.4) is 0 Å². The van der Waals surface area contributed by atoms with E-state index in [1.165, 1.54) is 5.46 Å². The van der Waals surface area contributed by atoms with Gasteiger partial charge in [0, 0.05) is 7.11 Å². The summed E-state index contributed by atoms with van der Waals surface area (Å²) in [6, 6.07) is 7.99. The van der Waals surface area contributed by atoms with Crippen molar-refractivity contribution in [2.75, 3.05) is 20.3 Å². The summed E-state index contributed by atoms with van der Waals surface area (Å²) in [7, 11) is 3.72. The third-order valence-corrected chi connectivity index (χ3v) is 1.58. The maximum absolute atomic E-state index is 5.38. The monoisotopic (exact) mass is 164 g/mol. The fourth-order valence-electron chi connectivity index (χ4n) is 0.877. The standard InChI is InChI=1S/C9H13BO2/c1-11-6-7-12-9-4-2-8(10)3-5-9/h2-5H,6-7,10H2,1H3. The molecule has 0 spiro atoms. The van der Waals surface area contributed by atoms with Gasteiger partial charge in [-0.3, -0.25) is 0 Å². The van der Waals surface area contributed by atoms with Crippen molar-refractivity contribution < 1.29 is 9.47 Å². The maximum atomic E-state index is 5.38. The van der Waals surface area contributed by atoms with Gasteiger partial charge in [0.25, 0.3) is 0 Å². The predicted octanol–water partition coefficient (Wildman–Crippen LogP) is -0.0298. The van der Waals surface area contributed by atoms with Gasteiger partial charge in [0.05, 0.1) is 6.61 Å². The molecule has 0 atom stereocenters. The summed E-state index contributed by atoms with van der Waals surface area (Å²) in [5, 5.41) is 0. The van der Waals surface area contributed by atoms with E-state index in [0.29, 0.717) is 13.2 Å². The van der Waals surface area contributed by atoms with E-state index in [9.17, 15) is 0 Å².